The van der Waals surface area contributed by atoms with Crippen LogP contribution < -0.4 is 15.8 Å². The van der Waals surface area contributed by atoms with Crippen LogP contribution in [0, 0.1) is 5.41 Å². The number of anilines is 1. The van der Waals surface area contributed by atoms with E-state index in [1.165, 1.54) is 0 Å². The van der Waals surface area contributed by atoms with Gasteiger partial charge in [-0.2, -0.15) is 0 Å². The van der Waals surface area contributed by atoms with Gasteiger partial charge in [-0.3, -0.25) is 10.2 Å². The summed E-state index contributed by atoms with van der Waals surface area (Å²) >= 11 is 0. The van der Waals surface area contributed by atoms with Crippen LogP contribution in [0.15, 0.2) is 48.5 Å². The normalized spacial score (nSPS) is 16.8. The van der Waals surface area contributed by atoms with Crippen LogP contribution in [-0.2, 0) is 4.79 Å². The molecule has 100 valence electrons. The monoisotopic (exact) mass is 267 g/mol. The van der Waals surface area contributed by atoms with Gasteiger partial charge in [-0.25, -0.2) is 0 Å². The molecule has 0 spiro atoms. The predicted octanol–water partition coefficient (Wildman–Crippen LogP) is 2.04. The van der Waals surface area contributed by atoms with Gasteiger partial charge in [0.15, 0.2) is 0 Å². The van der Waals surface area contributed by atoms with Gasteiger partial charge in [0, 0.05) is 11.1 Å². The first-order valence-corrected chi connectivity index (χ1v) is 6.16. The molecule has 1 unspecified atom stereocenters. The Morgan fingerprint density at radius 2 is 1.85 bits per heavy atom. The number of fused-ring (bicyclic) bond motifs is 1. The Kier molecular flexibility index (Phi) is 2.87. The van der Waals surface area contributed by atoms with Crippen LogP contribution in [0.1, 0.15) is 17.2 Å². The third-order valence-corrected chi connectivity index (χ3v) is 3.16. The number of para-hydroxylation sites is 2. The summed E-state index contributed by atoms with van der Waals surface area (Å²) in [4.78, 5) is 12.2. The molecule has 1 amide bonds. The highest BCUT2D eigenvalue weighted by molar-refractivity contribution is 6.02. The number of amides is 1. The average Bonchev–Trinajstić information content (AvgIpc) is 2.46. The predicted molar refractivity (Wildman–Crippen MR) is 75.9 cm³/mol. The summed E-state index contributed by atoms with van der Waals surface area (Å²) in [5.41, 5.74) is 7.30. The van der Waals surface area contributed by atoms with E-state index in [4.69, 9.17) is 15.9 Å². The van der Waals surface area contributed by atoms with Gasteiger partial charge in [-0.15, -0.1) is 0 Å². The SMILES string of the molecule is N=C(N)c1ccccc1C1Oc2ccccc2NC1=O. The highest BCUT2D eigenvalue weighted by Crippen LogP contribution is 2.35. The van der Waals surface area contributed by atoms with Gasteiger partial charge in [-0.1, -0.05) is 36.4 Å². The van der Waals surface area contributed by atoms with E-state index in [0.717, 1.165) is 0 Å². The van der Waals surface area contributed by atoms with Crippen molar-refractivity contribution in [3.05, 3.63) is 59.7 Å². The number of carbonyl (C=O) groups is 1. The summed E-state index contributed by atoms with van der Waals surface area (Å²) in [6.07, 6.45) is -0.801. The number of nitrogens with two attached hydrogens (primary N) is 1. The Bertz CT molecular complexity index is 697. The maximum atomic E-state index is 12.2. The number of benzene rings is 2. The third kappa shape index (κ3) is 1.99. The van der Waals surface area contributed by atoms with E-state index in [9.17, 15) is 4.79 Å². The maximum absolute atomic E-state index is 12.2. The Labute approximate surface area is 115 Å². The van der Waals surface area contributed by atoms with Crippen molar-refractivity contribution in [3.63, 3.8) is 0 Å². The molecule has 5 heteroatoms. The first-order chi connectivity index (χ1) is 9.66. The minimum atomic E-state index is -0.801. The van der Waals surface area contributed by atoms with E-state index in [0.29, 0.717) is 22.6 Å². The molecule has 20 heavy (non-hydrogen) atoms. The van der Waals surface area contributed by atoms with E-state index in [-0.39, 0.29) is 11.7 Å². The number of ether oxygens (including phenoxy) is 1. The molecule has 0 saturated carbocycles. The standard InChI is InChI=1S/C15H13N3O2/c16-14(17)10-6-2-1-5-9(10)13-15(19)18-11-7-3-4-8-12(11)20-13/h1-8,13H,(H3,16,17)(H,18,19). The Morgan fingerprint density at radius 1 is 1.15 bits per heavy atom. The molecule has 1 atom stereocenters. The number of nitrogen functional groups attached to an aromatic ring is 1. The lowest BCUT2D eigenvalue weighted by atomic mass is 10.00. The maximum Gasteiger partial charge on any atom is 0.270 e. The van der Waals surface area contributed by atoms with Crippen molar-refractivity contribution in [3.8, 4) is 5.75 Å². The van der Waals surface area contributed by atoms with Gasteiger partial charge in [0.2, 0.25) is 6.10 Å². The third-order valence-electron chi connectivity index (χ3n) is 3.16. The first-order valence-electron chi connectivity index (χ1n) is 6.16. The molecular weight excluding hydrogens is 254 g/mol. The molecule has 0 saturated heterocycles. The number of carbonyl (C=O) groups excluding carboxylic acids is 1. The number of rotatable bonds is 2. The molecule has 3 rings (SSSR count). The fourth-order valence-electron chi connectivity index (χ4n) is 2.23. The Hall–Kier alpha value is -2.82. The van der Waals surface area contributed by atoms with Gasteiger partial charge in [0.25, 0.3) is 5.91 Å². The average molecular weight is 267 g/mol. The number of hydrogen-bond acceptors (Lipinski definition) is 3. The quantitative estimate of drug-likeness (QED) is 0.574. The molecule has 1 aliphatic rings. The molecule has 0 aromatic heterocycles. The molecule has 0 fully saturated rings. The van der Waals surface area contributed by atoms with Crippen molar-refractivity contribution < 1.29 is 9.53 Å². The smallest absolute Gasteiger partial charge is 0.270 e. The zero-order valence-corrected chi connectivity index (χ0v) is 10.6. The molecule has 5 nitrogen and oxygen atoms in total. The molecule has 1 aliphatic heterocycles. The van der Waals surface area contributed by atoms with Gasteiger partial charge < -0.3 is 15.8 Å². The van der Waals surface area contributed by atoms with Crippen molar-refractivity contribution in [2.75, 3.05) is 5.32 Å². The summed E-state index contributed by atoms with van der Waals surface area (Å²) in [5.74, 6) is 0.253. The van der Waals surface area contributed by atoms with Crippen LogP contribution in [0.4, 0.5) is 5.69 Å². The summed E-state index contributed by atoms with van der Waals surface area (Å²) in [7, 11) is 0. The first kappa shape index (κ1) is 12.2. The second-order valence-electron chi connectivity index (χ2n) is 4.48. The number of amidine groups is 1. The van der Waals surface area contributed by atoms with E-state index in [1.807, 2.05) is 12.1 Å². The highest BCUT2D eigenvalue weighted by Gasteiger charge is 2.30. The molecule has 2 aromatic rings. The lowest BCUT2D eigenvalue weighted by molar-refractivity contribution is -0.123. The lowest BCUT2D eigenvalue weighted by Crippen LogP contribution is -2.31. The largest absolute Gasteiger partial charge is 0.474 e. The minimum Gasteiger partial charge on any atom is -0.474 e. The number of hydrogen-bond donors (Lipinski definition) is 3. The summed E-state index contributed by atoms with van der Waals surface area (Å²) in [5, 5.41) is 10.4. The summed E-state index contributed by atoms with van der Waals surface area (Å²) < 4.78 is 5.76. The minimum absolute atomic E-state index is 0.0872. The number of nitrogens with one attached hydrogen (secondary N) is 2. The van der Waals surface area contributed by atoms with E-state index in [2.05, 4.69) is 5.32 Å². The van der Waals surface area contributed by atoms with Crippen LogP contribution in [0.3, 0.4) is 0 Å². The van der Waals surface area contributed by atoms with Gasteiger partial charge in [0.1, 0.15) is 11.6 Å². The second-order valence-corrected chi connectivity index (χ2v) is 4.48. The van der Waals surface area contributed by atoms with Crippen LogP contribution >= 0.6 is 0 Å². The second kappa shape index (κ2) is 4.70. The Morgan fingerprint density at radius 3 is 2.65 bits per heavy atom. The van der Waals surface area contributed by atoms with Crippen molar-refractivity contribution >= 4 is 17.4 Å². The van der Waals surface area contributed by atoms with Crippen molar-refractivity contribution in [1.29, 1.82) is 5.41 Å². The molecule has 4 N–H and O–H groups in total. The topological polar surface area (TPSA) is 88.2 Å². The zero-order chi connectivity index (χ0) is 14.1. The molecule has 1 heterocycles. The summed E-state index contributed by atoms with van der Waals surface area (Å²) in [6, 6.07) is 14.2. The zero-order valence-electron chi connectivity index (χ0n) is 10.6. The van der Waals surface area contributed by atoms with E-state index < -0.39 is 6.10 Å². The molecule has 0 aliphatic carbocycles. The Balaban J connectivity index is 2.04. The van der Waals surface area contributed by atoms with Gasteiger partial charge in [-0.05, 0) is 12.1 Å². The lowest BCUT2D eigenvalue weighted by Gasteiger charge is -2.27. The van der Waals surface area contributed by atoms with E-state index >= 15 is 0 Å². The fraction of sp³-hybridized carbons (Fsp3) is 0.0667. The van der Waals surface area contributed by atoms with Crippen LogP contribution in [0.5, 0.6) is 5.75 Å². The van der Waals surface area contributed by atoms with Gasteiger partial charge in [0.05, 0.1) is 5.69 Å². The highest BCUT2D eigenvalue weighted by atomic mass is 16.5. The molecule has 0 bridgehead atoms. The fourth-order valence-corrected chi connectivity index (χ4v) is 2.23. The molecular formula is C15H13N3O2. The van der Waals surface area contributed by atoms with Crippen LogP contribution in [-0.4, -0.2) is 11.7 Å². The molecule has 2 aromatic carbocycles. The summed E-state index contributed by atoms with van der Waals surface area (Å²) in [6.45, 7) is 0. The van der Waals surface area contributed by atoms with Crippen molar-refractivity contribution in [1.82, 2.24) is 0 Å². The van der Waals surface area contributed by atoms with Crippen molar-refractivity contribution in [2.24, 2.45) is 5.73 Å². The van der Waals surface area contributed by atoms with Crippen LogP contribution in [0.2, 0.25) is 0 Å². The van der Waals surface area contributed by atoms with Crippen LogP contribution in [0.25, 0.3) is 0 Å². The van der Waals surface area contributed by atoms with Crippen molar-refractivity contribution in [2.45, 2.75) is 6.10 Å². The van der Waals surface area contributed by atoms with E-state index in [1.54, 1.807) is 36.4 Å². The van der Waals surface area contributed by atoms with Gasteiger partial charge >= 0.3 is 0 Å². The molecule has 0 radical (unpaired) electrons.